The van der Waals surface area contributed by atoms with E-state index in [-0.39, 0.29) is 17.7 Å². The smallest absolute Gasteiger partial charge is 0.408 e. The molecule has 2 amide bonds. The Morgan fingerprint density at radius 1 is 1.18 bits per heavy atom. The van der Waals surface area contributed by atoms with E-state index in [1.54, 1.807) is 17.0 Å². The van der Waals surface area contributed by atoms with Crippen molar-refractivity contribution in [3.8, 4) is 0 Å². The maximum absolute atomic E-state index is 13.8. The average Bonchev–Trinajstić information content (AvgIpc) is 3.44. The van der Waals surface area contributed by atoms with Gasteiger partial charge in [-0.2, -0.15) is 4.39 Å². The number of halogens is 2. The molecule has 0 aliphatic heterocycles. The highest BCUT2D eigenvalue weighted by molar-refractivity contribution is 9.10. The Bertz CT molecular complexity index is 1050. The molecule has 1 aromatic carbocycles. The average molecular weight is 532 g/mol. The number of anilines is 1. The number of benzene rings is 1. The lowest BCUT2D eigenvalue weighted by molar-refractivity contribution is -0.120. The Morgan fingerprint density at radius 3 is 2.47 bits per heavy atom. The van der Waals surface area contributed by atoms with Crippen LogP contribution in [0.1, 0.15) is 64.5 Å². The third-order valence-electron chi connectivity index (χ3n) is 6.42. The van der Waals surface area contributed by atoms with Crippen LogP contribution in [0, 0.1) is 11.9 Å². The highest BCUT2D eigenvalue weighted by Gasteiger charge is 2.49. The van der Waals surface area contributed by atoms with E-state index in [0.29, 0.717) is 18.7 Å². The van der Waals surface area contributed by atoms with Crippen LogP contribution in [0.2, 0.25) is 0 Å². The number of nitrogens with zero attached hydrogens (tertiary/aromatic N) is 2. The molecule has 0 radical (unpaired) electrons. The topological polar surface area (TPSA) is 71.5 Å². The second kappa shape index (κ2) is 9.64. The van der Waals surface area contributed by atoms with Gasteiger partial charge in [-0.1, -0.05) is 34.8 Å². The van der Waals surface area contributed by atoms with Crippen LogP contribution in [0.15, 0.2) is 46.9 Å². The Hall–Kier alpha value is -2.48. The standard InChI is InChI=1S/C26H31BrFN3O3/c1-25(2,3)34-24(33)30-26(13-4-5-14-26)16-31(18-11-9-17(27)10-12-18)23(32)20-15-19(20)21-7-6-8-22(28)29-21/h6-12,19-20H,4-5,13-16H2,1-3H3,(H,30,33)/t19-,20-/m1/s1. The number of nitrogens with one attached hydrogen (secondary N) is 1. The minimum atomic E-state index is -0.607. The van der Waals surface area contributed by atoms with Crippen molar-refractivity contribution in [2.45, 2.75) is 69.9 Å². The summed E-state index contributed by atoms with van der Waals surface area (Å²) in [7, 11) is 0. The number of carbonyl (C=O) groups excluding carboxylic acids is 2. The normalized spacial score (nSPS) is 21.1. The molecule has 6 nitrogen and oxygen atoms in total. The molecular formula is C26H31BrFN3O3. The highest BCUT2D eigenvalue weighted by Crippen LogP contribution is 2.48. The third kappa shape index (κ3) is 5.95. The first-order chi connectivity index (χ1) is 16.1. The zero-order valence-corrected chi connectivity index (χ0v) is 21.4. The van der Waals surface area contributed by atoms with Gasteiger partial charge in [-0.05, 0) is 76.4 Å². The van der Waals surface area contributed by atoms with Gasteiger partial charge in [0.25, 0.3) is 0 Å². The minimum absolute atomic E-state index is 0.0318. The van der Waals surface area contributed by atoms with Gasteiger partial charge in [0.1, 0.15) is 5.60 Å². The van der Waals surface area contributed by atoms with Gasteiger partial charge in [0.2, 0.25) is 11.9 Å². The maximum Gasteiger partial charge on any atom is 0.408 e. The molecular weight excluding hydrogens is 501 g/mol. The Kier molecular flexibility index (Phi) is 6.99. The molecule has 1 N–H and O–H groups in total. The molecule has 2 atom stereocenters. The lowest BCUT2D eigenvalue weighted by Crippen LogP contribution is -2.56. The van der Waals surface area contributed by atoms with Crippen molar-refractivity contribution in [1.29, 1.82) is 0 Å². The number of rotatable bonds is 6. The van der Waals surface area contributed by atoms with Gasteiger partial charge in [0.15, 0.2) is 0 Å². The van der Waals surface area contributed by atoms with E-state index in [1.165, 1.54) is 6.07 Å². The predicted molar refractivity (Wildman–Crippen MR) is 132 cm³/mol. The minimum Gasteiger partial charge on any atom is -0.444 e. The van der Waals surface area contributed by atoms with Crippen LogP contribution in [-0.4, -0.2) is 34.7 Å². The summed E-state index contributed by atoms with van der Waals surface area (Å²) in [5.41, 5.74) is 0.205. The van der Waals surface area contributed by atoms with Gasteiger partial charge in [0.05, 0.1) is 5.54 Å². The fourth-order valence-electron chi connectivity index (χ4n) is 4.74. The Labute approximate surface area is 208 Å². The van der Waals surface area contributed by atoms with Crippen LogP contribution in [0.4, 0.5) is 14.9 Å². The first-order valence-corrected chi connectivity index (χ1v) is 12.6. The summed E-state index contributed by atoms with van der Waals surface area (Å²) in [5.74, 6) is -0.931. The van der Waals surface area contributed by atoms with E-state index >= 15 is 0 Å². The summed E-state index contributed by atoms with van der Waals surface area (Å²) in [5, 5.41) is 3.10. The molecule has 2 aromatic rings. The number of pyridine rings is 1. The van der Waals surface area contributed by atoms with Crippen molar-refractivity contribution in [1.82, 2.24) is 10.3 Å². The van der Waals surface area contributed by atoms with Crippen molar-refractivity contribution >= 4 is 33.6 Å². The molecule has 8 heteroatoms. The van der Waals surface area contributed by atoms with Crippen molar-refractivity contribution in [3.63, 3.8) is 0 Å². The summed E-state index contributed by atoms with van der Waals surface area (Å²) in [6.07, 6.45) is 3.65. The molecule has 1 aromatic heterocycles. The van der Waals surface area contributed by atoms with Crippen molar-refractivity contribution in [2.75, 3.05) is 11.4 Å². The molecule has 2 aliphatic carbocycles. The molecule has 2 aliphatic rings. The lowest BCUT2D eigenvalue weighted by Gasteiger charge is -2.37. The molecule has 182 valence electrons. The SMILES string of the molecule is CC(C)(C)OC(=O)NC1(CN(C(=O)[C@@H]2C[C@H]2c2cccc(F)n2)c2ccc(Br)cc2)CCCC1. The number of carbonyl (C=O) groups is 2. The van der Waals surface area contributed by atoms with Gasteiger partial charge >= 0.3 is 6.09 Å². The summed E-state index contributed by atoms with van der Waals surface area (Å²) in [6, 6.07) is 12.3. The highest BCUT2D eigenvalue weighted by atomic mass is 79.9. The first-order valence-electron chi connectivity index (χ1n) is 11.8. The number of hydrogen-bond acceptors (Lipinski definition) is 4. The predicted octanol–water partition coefficient (Wildman–Crippen LogP) is 5.96. The van der Waals surface area contributed by atoms with Crippen molar-refractivity contribution < 1.29 is 18.7 Å². The fraction of sp³-hybridized carbons (Fsp3) is 0.500. The maximum atomic E-state index is 13.8. The zero-order chi connectivity index (χ0) is 24.5. The summed E-state index contributed by atoms with van der Waals surface area (Å²) < 4.78 is 20.1. The number of alkyl carbamates (subject to hydrolysis) is 1. The van der Waals surface area contributed by atoms with Crippen molar-refractivity contribution in [3.05, 3.63) is 58.6 Å². The summed E-state index contributed by atoms with van der Waals surface area (Å²) in [4.78, 5) is 32.2. The molecule has 4 rings (SSSR count). The third-order valence-corrected chi connectivity index (χ3v) is 6.94. The van der Waals surface area contributed by atoms with Crippen molar-refractivity contribution in [2.24, 2.45) is 5.92 Å². The van der Waals surface area contributed by atoms with Gasteiger partial charge < -0.3 is 15.0 Å². The van der Waals surface area contributed by atoms with E-state index in [0.717, 1.165) is 35.8 Å². The van der Waals surface area contributed by atoms with E-state index in [1.807, 2.05) is 45.0 Å². The number of ether oxygens (including phenoxy) is 1. The number of hydrogen-bond donors (Lipinski definition) is 1. The Morgan fingerprint density at radius 2 is 1.85 bits per heavy atom. The summed E-state index contributed by atoms with van der Waals surface area (Å²) >= 11 is 3.46. The van der Waals surface area contributed by atoms with Crippen LogP contribution < -0.4 is 10.2 Å². The molecule has 34 heavy (non-hydrogen) atoms. The lowest BCUT2D eigenvalue weighted by atomic mass is 9.96. The first kappa shape index (κ1) is 24.6. The van der Waals surface area contributed by atoms with Gasteiger partial charge in [-0.15, -0.1) is 0 Å². The van der Waals surface area contributed by atoms with Crippen LogP contribution in [0.3, 0.4) is 0 Å². The Balaban J connectivity index is 1.58. The van der Waals surface area contributed by atoms with E-state index in [9.17, 15) is 14.0 Å². The second-order valence-electron chi connectivity index (χ2n) is 10.3. The van der Waals surface area contributed by atoms with E-state index in [4.69, 9.17) is 4.74 Å². The zero-order valence-electron chi connectivity index (χ0n) is 19.8. The largest absolute Gasteiger partial charge is 0.444 e. The van der Waals surface area contributed by atoms with E-state index in [2.05, 4.69) is 26.2 Å². The molecule has 1 heterocycles. The van der Waals surface area contributed by atoms with Gasteiger partial charge in [-0.25, -0.2) is 9.78 Å². The molecule has 0 saturated heterocycles. The van der Waals surface area contributed by atoms with Crippen LogP contribution in [-0.2, 0) is 9.53 Å². The van der Waals surface area contributed by atoms with Crippen LogP contribution in [0.5, 0.6) is 0 Å². The summed E-state index contributed by atoms with van der Waals surface area (Å²) in [6.45, 7) is 5.85. The molecule has 0 bridgehead atoms. The molecule has 0 spiro atoms. The monoisotopic (exact) mass is 531 g/mol. The van der Waals surface area contributed by atoms with Gasteiger partial charge in [0, 0.05) is 34.2 Å². The van der Waals surface area contributed by atoms with Gasteiger partial charge in [-0.3, -0.25) is 4.79 Å². The van der Waals surface area contributed by atoms with Crippen LogP contribution >= 0.6 is 15.9 Å². The molecule has 0 unspecified atom stereocenters. The molecule has 2 saturated carbocycles. The number of amides is 2. The van der Waals surface area contributed by atoms with E-state index < -0.39 is 23.2 Å². The number of aromatic nitrogens is 1. The quantitative estimate of drug-likeness (QED) is 0.467. The fourth-order valence-corrected chi connectivity index (χ4v) is 5.00. The van der Waals surface area contributed by atoms with Crippen LogP contribution in [0.25, 0.3) is 0 Å². The second-order valence-corrected chi connectivity index (χ2v) is 11.3. The molecule has 2 fully saturated rings.